The zero-order valence-corrected chi connectivity index (χ0v) is 21.2. The molecule has 0 aliphatic heterocycles. The van der Waals surface area contributed by atoms with E-state index < -0.39 is 32.3 Å². The van der Waals surface area contributed by atoms with Gasteiger partial charge in [0, 0.05) is 5.57 Å². The number of hydrogen-bond donors (Lipinski definition) is 0. The Hall–Kier alpha value is -0.0925. The molecule has 0 nitrogen and oxygen atoms in total. The Morgan fingerprint density at radius 2 is 1.05 bits per heavy atom. The summed E-state index contributed by atoms with van der Waals surface area (Å²) in [7, 11) is -5.28. The molecule has 0 aromatic carbocycles. The van der Waals surface area contributed by atoms with Crippen LogP contribution in [0.15, 0.2) is 22.2 Å². The van der Waals surface area contributed by atoms with Crippen molar-refractivity contribution in [3.63, 3.8) is 0 Å². The fourth-order valence-corrected chi connectivity index (χ4v) is 8.74. The van der Waals surface area contributed by atoms with Gasteiger partial charge in [0.25, 0.3) is 0 Å². The van der Waals surface area contributed by atoms with E-state index in [1.807, 2.05) is 0 Å². The lowest BCUT2D eigenvalue weighted by atomic mass is 10.3. The molecular weight excluding hydrogens is 329 g/mol. The van der Waals surface area contributed by atoms with E-state index in [0.717, 1.165) is 0 Å². The van der Waals surface area contributed by atoms with Gasteiger partial charge in [-0.15, -0.1) is 5.54 Å². The summed E-state index contributed by atoms with van der Waals surface area (Å²) in [6.45, 7) is 29.0. The second-order valence-electron chi connectivity index (χ2n) is 10.6. The van der Waals surface area contributed by atoms with E-state index in [1.165, 1.54) is 5.57 Å². The van der Waals surface area contributed by atoms with Crippen LogP contribution in [-0.2, 0) is 0 Å². The minimum absolute atomic E-state index is 1.25. The van der Waals surface area contributed by atoms with E-state index >= 15 is 0 Å². The summed E-state index contributed by atoms with van der Waals surface area (Å²) in [4.78, 5) is 0. The van der Waals surface area contributed by atoms with Crippen molar-refractivity contribution in [3.05, 3.63) is 22.2 Å². The van der Waals surface area contributed by atoms with Gasteiger partial charge >= 0.3 is 0 Å². The largest absolute Gasteiger partial charge is 0.129 e. The summed E-state index contributed by atoms with van der Waals surface area (Å²) in [5.41, 5.74) is 10.2. The van der Waals surface area contributed by atoms with Gasteiger partial charge in [0.05, 0.1) is 24.2 Å². The SMILES string of the molecule is C[Si](C)(C)C#CC(=C\[Si](C)(C)C)/C(=C/[Si](C)(C)C)[Si](C)(C)C. The van der Waals surface area contributed by atoms with Crippen molar-refractivity contribution in [3.8, 4) is 11.5 Å². The monoisotopic (exact) mass is 366 g/mol. The van der Waals surface area contributed by atoms with Crippen LogP contribution in [0.2, 0.25) is 78.6 Å². The van der Waals surface area contributed by atoms with Gasteiger partial charge in [0.2, 0.25) is 0 Å². The second kappa shape index (κ2) is 7.21. The Morgan fingerprint density at radius 1 is 0.636 bits per heavy atom. The van der Waals surface area contributed by atoms with Gasteiger partial charge in [-0.1, -0.05) is 101 Å². The summed E-state index contributed by atoms with van der Waals surface area (Å²) in [6, 6.07) is 0. The van der Waals surface area contributed by atoms with E-state index in [2.05, 4.69) is 101 Å². The summed E-state index contributed by atoms with van der Waals surface area (Å²) in [5, 5.41) is 1.61. The Morgan fingerprint density at radius 3 is 1.32 bits per heavy atom. The molecule has 0 aromatic rings. The lowest BCUT2D eigenvalue weighted by Crippen LogP contribution is -2.31. The molecule has 0 saturated heterocycles. The fourth-order valence-electron chi connectivity index (χ4n) is 2.00. The van der Waals surface area contributed by atoms with Gasteiger partial charge in [-0.05, 0) is 0 Å². The van der Waals surface area contributed by atoms with Crippen LogP contribution in [0, 0.1) is 11.5 Å². The zero-order valence-electron chi connectivity index (χ0n) is 17.2. The van der Waals surface area contributed by atoms with Crippen LogP contribution in [0.4, 0.5) is 0 Å². The highest BCUT2D eigenvalue weighted by molar-refractivity contribution is 6.89. The number of allylic oxidation sites excluding steroid dienone is 2. The maximum absolute atomic E-state index is 3.64. The van der Waals surface area contributed by atoms with Crippen molar-refractivity contribution in [2.24, 2.45) is 0 Å². The first-order valence-corrected chi connectivity index (χ1v) is 22.6. The summed E-state index contributed by atoms with van der Waals surface area (Å²) < 4.78 is 0. The first kappa shape index (κ1) is 21.9. The molecule has 0 radical (unpaired) electrons. The van der Waals surface area contributed by atoms with E-state index in [4.69, 9.17) is 0 Å². The molecule has 0 rings (SSSR count). The van der Waals surface area contributed by atoms with E-state index in [9.17, 15) is 0 Å². The van der Waals surface area contributed by atoms with Crippen molar-refractivity contribution in [1.82, 2.24) is 0 Å². The third kappa shape index (κ3) is 10.6. The maximum atomic E-state index is 3.64. The number of rotatable bonds is 4. The van der Waals surface area contributed by atoms with Crippen LogP contribution in [0.5, 0.6) is 0 Å². The molecule has 0 bridgehead atoms. The molecule has 0 atom stereocenters. The molecule has 4 heteroatoms. The summed E-state index contributed by atoms with van der Waals surface area (Å²) >= 11 is 0. The highest BCUT2D eigenvalue weighted by Crippen LogP contribution is 2.27. The Kier molecular flexibility index (Phi) is 7.18. The highest BCUT2D eigenvalue weighted by atomic mass is 28.3. The van der Waals surface area contributed by atoms with E-state index in [1.54, 1.807) is 5.20 Å². The normalized spacial score (nSPS) is 15.5. The molecule has 126 valence electrons. The van der Waals surface area contributed by atoms with E-state index in [0.29, 0.717) is 0 Å². The predicted octanol–water partition coefficient (Wildman–Crippen LogP) is 6.35. The highest BCUT2D eigenvalue weighted by Gasteiger charge is 2.26. The number of hydrogen-bond acceptors (Lipinski definition) is 0. The van der Waals surface area contributed by atoms with Crippen LogP contribution in [0.3, 0.4) is 0 Å². The van der Waals surface area contributed by atoms with Crippen LogP contribution in [0.25, 0.3) is 0 Å². The molecule has 22 heavy (non-hydrogen) atoms. The van der Waals surface area contributed by atoms with Crippen molar-refractivity contribution >= 4 is 32.3 Å². The first-order valence-electron chi connectivity index (χ1n) is 8.40. The van der Waals surface area contributed by atoms with Gasteiger partial charge in [-0.2, -0.15) is 0 Å². The van der Waals surface area contributed by atoms with Crippen LogP contribution in [0.1, 0.15) is 0 Å². The van der Waals surface area contributed by atoms with E-state index in [-0.39, 0.29) is 0 Å². The van der Waals surface area contributed by atoms with Crippen LogP contribution >= 0.6 is 0 Å². The molecule has 0 aliphatic carbocycles. The molecule has 0 spiro atoms. The topological polar surface area (TPSA) is 0 Å². The molecule has 0 aliphatic rings. The maximum Gasteiger partial charge on any atom is 0.129 e. The van der Waals surface area contributed by atoms with Gasteiger partial charge in [0.15, 0.2) is 0 Å². The lowest BCUT2D eigenvalue weighted by Gasteiger charge is -2.26. The molecule has 0 heterocycles. The average Bonchev–Trinajstić information content (AvgIpc) is 2.15. The van der Waals surface area contributed by atoms with Crippen molar-refractivity contribution < 1.29 is 0 Å². The molecule has 0 aromatic heterocycles. The van der Waals surface area contributed by atoms with Gasteiger partial charge in [0.1, 0.15) is 8.07 Å². The quantitative estimate of drug-likeness (QED) is 0.309. The minimum atomic E-state index is -1.39. The van der Waals surface area contributed by atoms with Gasteiger partial charge in [-0.25, -0.2) is 0 Å². The smallest absolute Gasteiger partial charge is 0.127 e. The Balaban J connectivity index is 6.29. The van der Waals surface area contributed by atoms with Crippen molar-refractivity contribution in [2.75, 3.05) is 0 Å². The fraction of sp³-hybridized carbons (Fsp3) is 0.667. The third-order valence-corrected chi connectivity index (χ3v) is 8.33. The van der Waals surface area contributed by atoms with Gasteiger partial charge in [-0.3, -0.25) is 0 Å². The average molecular weight is 367 g/mol. The molecule has 0 saturated carbocycles. The third-order valence-electron chi connectivity index (χ3n) is 2.83. The van der Waals surface area contributed by atoms with Crippen LogP contribution in [-0.4, -0.2) is 32.3 Å². The predicted molar refractivity (Wildman–Crippen MR) is 117 cm³/mol. The van der Waals surface area contributed by atoms with Crippen molar-refractivity contribution in [1.29, 1.82) is 0 Å². The second-order valence-corrected chi connectivity index (χ2v) is 30.4. The summed E-state index contributed by atoms with van der Waals surface area (Å²) in [6.07, 6.45) is 0. The molecule has 0 N–H and O–H groups in total. The Bertz CT molecular complexity index is 501. The van der Waals surface area contributed by atoms with Gasteiger partial charge < -0.3 is 0 Å². The van der Waals surface area contributed by atoms with Crippen molar-refractivity contribution in [2.45, 2.75) is 78.6 Å². The zero-order chi connectivity index (χ0) is 18.0. The molecule has 0 amide bonds. The minimum Gasteiger partial charge on any atom is -0.127 e. The molecular formula is C18H38Si4. The first-order chi connectivity index (χ1) is 9.41. The Labute approximate surface area is 144 Å². The molecule has 0 fully saturated rings. The summed E-state index contributed by atoms with van der Waals surface area (Å²) in [5.74, 6) is 3.64. The standard InChI is InChI=1S/C18H38Si4/c1-19(2,3)14-13-17(15-20(4,5)6)18(22(10,11)12)16-21(7,8)9/h15-16H,1-12H3/b17-15+,18-16-. The van der Waals surface area contributed by atoms with Crippen LogP contribution < -0.4 is 0 Å². The molecule has 0 unspecified atom stereocenters. The lowest BCUT2D eigenvalue weighted by molar-refractivity contribution is 1.56.